The molecular formula is C25H30N2O4. The van der Waals surface area contributed by atoms with Gasteiger partial charge in [0.1, 0.15) is 11.4 Å². The van der Waals surface area contributed by atoms with Gasteiger partial charge in [0, 0.05) is 31.0 Å². The number of methoxy groups -OCH3 is 1. The summed E-state index contributed by atoms with van der Waals surface area (Å²) in [5, 5.41) is 3.19. The fourth-order valence-electron chi connectivity index (χ4n) is 3.54. The van der Waals surface area contributed by atoms with Gasteiger partial charge in [0.15, 0.2) is 0 Å². The number of ether oxygens (including phenoxy) is 2. The standard InChI is InChI=1S/C25H30N2O4/c1-4-5-15-31-16-9-14-27-24(28)22(20-12-6-7-13-21(20)30-3)23(25(27)29)26-19-11-8-10-18(2)17-19/h6-8,10-13,17,26H,4-5,9,14-16H2,1-3H3. The minimum Gasteiger partial charge on any atom is -0.496 e. The first-order valence-corrected chi connectivity index (χ1v) is 10.7. The summed E-state index contributed by atoms with van der Waals surface area (Å²) < 4.78 is 11.1. The van der Waals surface area contributed by atoms with Gasteiger partial charge in [-0.3, -0.25) is 14.5 Å². The van der Waals surface area contributed by atoms with Crippen molar-refractivity contribution in [2.24, 2.45) is 0 Å². The number of nitrogens with one attached hydrogen (secondary N) is 1. The minimum absolute atomic E-state index is 0.270. The number of aryl methyl sites for hydroxylation is 1. The number of nitrogens with zero attached hydrogens (tertiary/aromatic N) is 1. The van der Waals surface area contributed by atoms with Gasteiger partial charge in [-0.05, 0) is 43.5 Å². The molecule has 0 fully saturated rings. The second kappa shape index (κ2) is 10.8. The van der Waals surface area contributed by atoms with Crippen molar-refractivity contribution in [1.82, 2.24) is 4.90 Å². The van der Waals surface area contributed by atoms with Gasteiger partial charge in [-0.1, -0.05) is 43.7 Å². The van der Waals surface area contributed by atoms with Crippen LogP contribution in [0.1, 0.15) is 37.3 Å². The summed E-state index contributed by atoms with van der Waals surface area (Å²) in [7, 11) is 1.56. The van der Waals surface area contributed by atoms with Crippen molar-refractivity contribution < 1.29 is 19.1 Å². The fraction of sp³-hybridized carbons (Fsp3) is 0.360. The lowest BCUT2D eigenvalue weighted by Gasteiger charge is -2.15. The van der Waals surface area contributed by atoms with E-state index < -0.39 is 0 Å². The van der Waals surface area contributed by atoms with Crippen LogP contribution in [0.15, 0.2) is 54.2 Å². The number of carbonyl (C=O) groups excluding carboxylic acids is 2. The zero-order valence-corrected chi connectivity index (χ0v) is 18.4. The van der Waals surface area contributed by atoms with Gasteiger partial charge in [-0.25, -0.2) is 0 Å². The van der Waals surface area contributed by atoms with E-state index in [9.17, 15) is 9.59 Å². The van der Waals surface area contributed by atoms with Gasteiger partial charge in [-0.2, -0.15) is 0 Å². The Labute approximate surface area is 183 Å². The Hall–Kier alpha value is -3.12. The summed E-state index contributed by atoms with van der Waals surface area (Å²) in [6.07, 6.45) is 2.67. The number of anilines is 1. The van der Waals surface area contributed by atoms with Crippen molar-refractivity contribution in [3.05, 3.63) is 65.4 Å². The molecule has 6 nitrogen and oxygen atoms in total. The van der Waals surface area contributed by atoms with Crippen LogP contribution in [0.3, 0.4) is 0 Å². The lowest BCUT2D eigenvalue weighted by molar-refractivity contribution is -0.137. The molecule has 0 saturated heterocycles. The number of amides is 2. The lowest BCUT2D eigenvalue weighted by Crippen LogP contribution is -2.34. The third kappa shape index (κ3) is 5.33. The van der Waals surface area contributed by atoms with Crippen LogP contribution in [0.2, 0.25) is 0 Å². The number of hydrogen-bond donors (Lipinski definition) is 1. The second-order valence-corrected chi connectivity index (χ2v) is 7.53. The minimum atomic E-state index is -0.332. The van der Waals surface area contributed by atoms with Crippen LogP contribution in [-0.4, -0.2) is 43.6 Å². The average Bonchev–Trinajstić information content (AvgIpc) is 3.00. The molecule has 1 heterocycles. The molecular weight excluding hydrogens is 392 g/mol. The summed E-state index contributed by atoms with van der Waals surface area (Å²) in [6.45, 7) is 5.61. The summed E-state index contributed by atoms with van der Waals surface area (Å²) in [4.78, 5) is 27.9. The molecule has 0 aliphatic carbocycles. The van der Waals surface area contributed by atoms with Crippen LogP contribution in [0.4, 0.5) is 5.69 Å². The average molecular weight is 423 g/mol. The molecule has 6 heteroatoms. The molecule has 0 aromatic heterocycles. The fourth-order valence-corrected chi connectivity index (χ4v) is 3.54. The number of para-hydroxylation sites is 1. The first-order valence-electron chi connectivity index (χ1n) is 10.7. The van der Waals surface area contributed by atoms with E-state index in [0.717, 1.165) is 24.1 Å². The SMILES string of the molecule is CCCCOCCCN1C(=O)C(Nc2cccc(C)c2)=C(c2ccccc2OC)C1=O. The molecule has 0 bridgehead atoms. The first kappa shape index (κ1) is 22.6. The zero-order valence-electron chi connectivity index (χ0n) is 18.4. The van der Waals surface area contributed by atoms with Gasteiger partial charge in [-0.15, -0.1) is 0 Å². The third-order valence-electron chi connectivity index (χ3n) is 5.14. The Kier molecular flexibility index (Phi) is 7.84. The van der Waals surface area contributed by atoms with Crippen molar-refractivity contribution in [3.8, 4) is 5.75 Å². The molecule has 2 aromatic carbocycles. The molecule has 2 aromatic rings. The van der Waals surface area contributed by atoms with Gasteiger partial charge >= 0.3 is 0 Å². The van der Waals surface area contributed by atoms with E-state index in [1.54, 1.807) is 19.2 Å². The monoisotopic (exact) mass is 422 g/mol. The molecule has 0 saturated carbocycles. The number of imide groups is 1. The van der Waals surface area contributed by atoms with Gasteiger partial charge < -0.3 is 14.8 Å². The molecule has 0 atom stereocenters. The number of unbranched alkanes of at least 4 members (excludes halogenated alkanes) is 1. The Morgan fingerprint density at radius 2 is 1.74 bits per heavy atom. The third-order valence-corrected chi connectivity index (χ3v) is 5.14. The molecule has 1 aliphatic heterocycles. The van der Waals surface area contributed by atoms with Gasteiger partial charge in [0.25, 0.3) is 11.8 Å². The van der Waals surface area contributed by atoms with Crippen LogP contribution in [0.25, 0.3) is 5.57 Å². The number of benzene rings is 2. The smallest absolute Gasteiger partial charge is 0.278 e. The normalized spacial score (nSPS) is 13.8. The van der Waals surface area contributed by atoms with E-state index in [-0.39, 0.29) is 17.5 Å². The van der Waals surface area contributed by atoms with Crippen LogP contribution in [0.5, 0.6) is 5.75 Å². The molecule has 164 valence electrons. The summed E-state index contributed by atoms with van der Waals surface area (Å²) >= 11 is 0. The molecule has 0 unspecified atom stereocenters. The van der Waals surface area contributed by atoms with Crippen LogP contribution in [-0.2, 0) is 14.3 Å². The highest BCUT2D eigenvalue weighted by Crippen LogP contribution is 2.35. The quantitative estimate of drug-likeness (QED) is 0.429. The van der Waals surface area contributed by atoms with Crippen molar-refractivity contribution in [2.45, 2.75) is 33.1 Å². The van der Waals surface area contributed by atoms with Gasteiger partial charge in [0.05, 0.1) is 12.7 Å². The van der Waals surface area contributed by atoms with Crippen molar-refractivity contribution in [1.29, 1.82) is 0 Å². The summed E-state index contributed by atoms with van der Waals surface area (Å²) in [5.74, 6) is -0.105. The van der Waals surface area contributed by atoms with E-state index >= 15 is 0 Å². The largest absolute Gasteiger partial charge is 0.496 e. The number of rotatable bonds is 11. The maximum atomic E-state index is 13.3. The van der Waals surface area contributed by atoms with Crippen molar-refractivity contribution in [3.63, 3.8) is 0 Å². The van der Waals surface area contributed by atoms with Crippen molar-refractivity contribution >= 4 is 23.1 Å². The molecule has 1 aliphatic rings. The molecule has 0 spiro atoms. The molecule has 31 heavy (non-hydrogen) atoms. The Balaban J connectivity index is 1.88. The lowest BCUT2D eigenvalue weighted by atomic mass is 10.0. The van der Waals surface area contributed by atoms with E-state index in [0.29, 0.717) is 43.1 Å². The first-order chi connectivity index (χ1) is 15.1. The summed E-state index contributed by atoms with van der Waals surface area (Å²) in [5.41, 5.74) is 3.01. The van der Waals surface area contributed by atoms with E-state index in [2.05, 4.69) is 12.2 Å². The van der Waals surface area contributed by atoms with Gasteiger partial charge in [0.2, 0.25) is 0 Å². The second-order valence-electron chi connectivity index (χ2n) is 7.53. The molecule has 3 rings (SSSR count). The topological polar surface area (TPSA) is 67.9 Å². The molecule has 1 N–H and O–H groups in total. The van der Waals surface area contributed by atoms with E-state index in [4.69, 9.17) is 9.47 Å². The summed E-state index contributed by atoms with van der Waals surface area (Å²) in [6, 6.07) is 15.0. The van der Waals surface area contributed by atoms with Crippen LogP contribution >= 0.6 is 0 Å². The Morgan fingerprint density at radius 3 is 2.48 bits per heavy atom. The maximum Gasteiger partial charge on any atom is 0.278 e. The Bertz CT molecular complexity index is 967. The highest BCUT2D eigenvalue weighted by atomic mass is 16.5. The Morgan fingerprint density at radius 1 is 0.968 bits per heavy atom. The van der Waals surface area contributed by atoms with Crippen LogP contribution < -0.4 is 10.1 Å². The van der Waals surface area contributed by atoms with Crippen molar-refractivity contribution in [2.75, 3.05) is 32.2 Å². The molecule has 2 amide bonds. The zero-order chi connectivity index (χ0) is 22.2. The van der Waals surface area contributed by atoms with E-state index in [1.165, 1.54) is 4.90 Å². The predicted molar refractivity (Wildman–Crippen MR) is 122 cm³/mol. The number of carbonyl (C=O) groups is 2. The van der Waals surface area contributed by atoms with Crippen LogP contribution in [0, 0.1) is 6.92 Å². The van der Waals surface area contributed by atoms with E-state index in [1.807, 2.05) is 43.3 Å². The highest BCUT2D eigenvalue weighted by molar-refractivity contribution is 6.37. The maximum absolute atomic E-state index is 13.3. The molecule has 0 radical (unpaired) electrons. The number of hydrogen-bond acceptors (Lipinski definition) is 5. The predicted octanol–water partition coefficient (Wildman–Crippen LogP) is 4.40. The highest BCUT2D eigenvalue weighted by Gasteiger charge is 2.39.